The van der Waals surface area contributed by atoms with Crippen LogP contribution in [0, 0.1) is 5.92 Å². The minimum Gasteiger partial charge on any atom is -0.338 e. The van der Waals surface area contributed by atoms with E-state index in [1.807, 2.05) is 26.9 Å². The molecule has 2 saturated heterocycles. The van der Waals surface area contributed by atoms with Crippen LogP contribution in [0.4, 0.5) is 9.59 Å². The van der Waals surface area contributed by atoms with Crippen molar-refractivity contribution in [2.45, 2.75) is 32.2 Å². The summed E-state index contributed by atoms with van der Waals surface area (Å²) in [5, 5.41) is 5.85. The van der Waals surface area contributed by atoms with E-state index in [1.54, 1.807) is 6.20 Å². The topological polar surface area (TPSA) is 82.5 Å². The van der Waals surface area contributed by atoms with Gasteiger partial charge in [-0.2, -0.15) is 0 Å². The van der Waals surface area contributed by atoms with Crippen LogP contribution in [0.5, 0.6) is 0 Å². The first-order chi connectivity index (χ1) is 12.2. The van der Waals surface area contributed by atoms with Crippen molar-refractivity contribution < 1.29 is 9.59 Å². The zero-order valence-electron chi connectivity index (χ0n) is 14.7. The molecule has 2 aliphatic rings. The summed E-state index contributed by atoms with van der Waals surface area (Å²) in [5.74, 6) is 0.503. The molecule has 25 heavy (non-hydrogen) atoms. The van der Waals surface area contributed by atoms with Gasteiger partial charge in [-0.15, -0.1) is 0 Å². The molecular weight excluding hydrogens is 320 g/mol. The Morgan fingerprint density at radius 2 is 2.12 bits per heavy atom. The summed E-state index contributed by atoms with van der Waals surface area (Å²) in [6, 6.07) is 0.0934. The molecular formula is C17H28N6O2. The summed E-state index contributed by atoms with van der Waals surface area (Å²) < 4.78 is 2.05. The molecule has 0 unspecified atom stereocenters. The molecule has 8 heteroatoms. The molecule has 8 nitrogen and oxygen atoms in total. The molecule has 138 valence electrons. The van der Waals surface area contributed by atoms with E-state index < -0.39 is 0 Å². The number of hydrogen-bond donors (Lipinski definition) is 2. The van der Waals surface area contributed by atoms with Gasteiger partial charge in [-0.1, -0.05) is 0 Å². The monoisotopic (exact) mass is 348 g/mol. The lowest BCUT2D eigenvalue weighted by molar-refractivity contribution is 0.155. The van der Waals surface area contributed by atoms with Crippen LogP contribution in [-0.2, 0) is 6.54 Å². The third kappa shape index (κ3) is 5.11. The van der Waals surface area contributed by atoms with Gasteiger partial charge in [0.1, 0.15) is 0 Å². The van der Waals surface area contributed by atoms with Crippen LogP contribution >= 0.6 is 0 Å². The Labute approximate surface area is 148 Å². The maximum atomic E-state index is 12.2. The molecule has 1 aromatic rings. The number of rotatable bonds is 7. The second-order valence-electron chi connectivity index (χ2n) is 6.85. The van der Waals surface area contributed by atoms with E-state index >= 15 is 0 Å². The van der Waals surface area contributed by atoms with E-state index in [9.17, 15) is 9.59 Å². The van der Waals surface area contributed by atoms with Gasteiger partial charge in [-0.3, -0.25) is 0 Å². The molecule has 0 radical (unpaired) electrons. The highest BCUT2D eigenvalue weighted by Gasteiger charge is 2.27. The van der Waals surface area contributed by atoms with Gasteiger partial charge < -0.3 is 25.0 Å². The van der Waals surface area contributed by atoms with Crippen LogP contribution in [0.1, 0.15) is 25.7 Å². The van der Waals surface area contributed by atoms with Crippen molar-refractivity contribution in [2.75, 3.05) is 39.3 Å². The fraction of sp³-hybridized carbons (Fsp3) is 0.706. The van der Waals surface area contributed by atoms with Gasteiger partial charge in [0.15, 0.2) is 0 Å². The van der Waals surface area contributed by atoms with E-state index in [0.717, 1.165) is 65.0 Å². The number of imidazole rings is 1. The van der Waals surface area contributed by atoms with Crippen LogP contribution < -0.4 is 10.6 Å². The third-order valence-corrected chi connectivity index (χ3v) is 5.00. The first kappa shape index (κ1) is 17.6. The molecule has 3 heterocycles. The van der Waals surface area contributed by atoms with Gasteiger partial charge in [-0.25, -0.2) is 14.6 Å². The second-order valence-corrected chi connectivity index (χ2v) is 6.85. The van der Waals surface area contributed by atoms with Crippen molar-refractivity contribution >= 4 is 12.1 Å². The predicted octanol–water partition coefficient (Wildman–Crippen LogP) is 1.11. The molecule has 1 aromatic heterocycles. The highest BCUT2D eigenvalue weighted by atomic mass is 16.2. The Kier molecular flexibility index (Phi) is 6.14. The van der Waals surface area contributed by atoms with Gasteiger partial charge in [-0.05, 0) is 31.6 Å². The molecule has 4 amide bonds. The highest BCUT2D eigenvalue weighted by Crippen LogP contribution is 2.19. The lowest BCUT2D eigenvalue weighted by Crippen LogP contribution is -2.46. The van der Waals surface area contributed by atoms with Crippen LogP contribution in [-0.4, -0.2) is 70.7 Å². The number of carbonyl (C=O) groups excluding carboxylic acids is 2. The largest absolute Gasteiger partial charge is 0.338 e. The standard InChI is InChI=1S/C17H28N6O2/c24-16(19-5-1-2-8-21-11-6-18-14-21)22-9-3-15(4-10-22)13-23-12-7-20-17(23)25/h6,11,14-15H,1-5,7-10,12-13H2,(H,19,24)(H,20,25). The first-order valence-electron chi connectivity index (χ1n) is 9.23. The van der Waals surface area contributed by atoms with Gasteiger partial charge in [0.2, 0.25) is 0 Å². The van der Waals surface area contributed by atoms with Gasteiger partial charge in [0.25, 0.3) is 0 Å². The van der Waals surface area contributed by atoms with Crippen molar-refractivity contribution in [1.29, 1.82) is 0 Å². The number of nitrogens with one attached hydrogen (secondary N) is 2. The number of piperidine rings is 1. The van der Waals surface area contributed by atoms with Crippen LogP contribution in [0.2, 0.25) is 0 Å². The quantitative estimate of drug-likeness (QED) is 0.724. The molecule has 0 aliphatic carbocycles. The number of hydrogen-bond acceptors (Lipinski definition) is 3. The van der Waals surface area contributed by atoms with E-state index in [1.165, 1.54) is 0 Å². The summed E-state index contributed by atoms with van der Waals surface area (Å²) in [5.41, 5.74) is 0. The van der Waals surface area contributed by atoms with Crippen molar-refractivity contribution in [2.24, 2.45) is 5.92 Å². The van der Waals surface area contributed by atoms with Gasteiger partial charge in [0, 0.05) is 58.2 Å². The van der Waals surface area contributed by atoms with Gasteiger partial charge >= 0.3 is 12.1 Å². The summed E-state index contributed by atoms with van der Waals surface area (Å²) >= 11 is 0. The predicted molar refractivity (Wildman–Crippen MR) is 94.1 cm³/mol. The van der Waals surface area contributed by atoms with E-state index in [-0.39, 0.29) is 12.1 Å². The van der Waals surface area contributed by atoms with Crippen molar-refractivity contribution in [3.8, 4) is 0 Å². The summed E-state index contributed by atoms with van der Waals surface area (Å²) in [7, 11) is 0. The van der Waals surface area contributed by atoms with E-state index in [2.05, 4.69) is 15.6 Å². The van der Waals surface area contributed by atoms with E-state index in [0.29, 0.717) is 12.5 Å². The SMILES string of the molecule is O=C(NCCCCn1ccnc1)N1CCC(CN2CCNC2=O)CC1. The summed E-state index contributed by atoms with van der Waals surface area (Å²) in [6.45, 7) is 5.57. The smallest absolute Gasteiger partial charge is 0.317 e. The Morgan fingerprint density at radius 1 is 1.28 bits per heavy atom. The Bertz CT molecular complexity index is 553. The van der Waals surface area contributed by atoms with Crippen molar-refractivity contribution in [1.82, 2.24) is 30.0 Å². The Balaban J connectivity index is 1.27. The van der Waals surface area contributed by atoms with Crippen molar-refractivity contribution in [3.63, 3.8) is 0 Å². The molecule has 0 spiro atoms. The number of carbonyl (C=O) groups is 2. The average molecular weight is 348 g/mol. The maximum absolute atomic E-state index is 12.2. The first-order valence-corrected chi connectivity index (χ1v) is 9.23. The Morgan fingerprint density at radius 3 is 2.80 bits per heavy atom. The molecule has 2 N–H and O–H groups in total. The average Bonchev–Trinajstić information content (AvgIpc) is 3.27. The fourth-order valence-corrected chi connectivity index (χ4v) is 3.46. The molecule has 0 saturated carbocycles. The molecule has 2 fully saturated rings. The summed E-state index contributed by atoms with van der Waals surface area (Å²) in [4.78, 5) is 31.6. The third-order valence-electron chi connectivity index (χ3n) is 5.00. The normalized spacial score (nSPS) is 18.5. The van der Waals surface area contributed by atoms with Crippen LogP contribution in [0.25, 0.3) is 0 Å². The Hall–Kier alpha value is -2.25. The molecule has 2 aliphatic heterocycles. The van der Waals surface area contributed by atoms with E-state index in [4.69, 9.17) is 0 Å². The maximum Gasteiger partial charge on any atom is 0.317 e. The number of aromatic nitrogens is 2. The van der Waals surface area contributed by atoms with Crippen molar-refractivity contribution in [3.05, 3.63) is 18.7 Å². The summed E-state index contributed by atoms with van der Waals surface area (Å²) in [6.07, 6.45) is 9.47. The highest BCUT2D eigenvalue weighted by molar-refractivity contribution is 5.76. The number of aryl methyl sites for hydroxylation is 1. The number of likely N-dealkylation sites (tertiary alicyclic amines) is 1. The number of urea groups is 2. The molecule has 3 rings (SSSR count). The molecule has 0 atom stereocenters. The fourth-order valence-electron chi connectivity index (χ4n) is 3.46. The minimum atomic E-state index is 0.0417. The van der Waals surface area contributed by atoms with Crippen LogP contribution in [0.15, 0.2) is 18.7 Å². The number of unbranched alkanes of at least 4 members (excludes halogenated alkanes) is 1. The van der Waals surface area contributed by atoms with Gasteiger partial charge in [0.05, 0.1) is 6.33 Å². The van der Waals surface area contributed by atoms with Crippen LogP contribution in [0.3, 0.4) is 0 Å². The number of amides is 4. The minimum absolute atomic E-state index is 0.0417. The zero-order valence-corrected chi connectivity index (χ0v) is 14.7. The number of nitrogens with zero attached hydrogens (tertiary/aromatic N) is 4. The molecule has 0 bridgehead atoms. The lowest BCUT2D eigenvalue weighted by atomic mass is 9.96. The zero-order chi connectivity index (χ0) is 17.5. The lowest BCUT2D eigenvalue weighted by Gasteiger charge is -2.33. The second kappa shape index (κ2) is 8.73. The molecule has 0 aromatic carbocycles.